The Morgan fingerprint density at radius 3 is 2.79 bits per heavy atom. The molecule has 1 saturated heterocycles. The maximum absolute atomic E-state index is 12.9. The van der Waals surface area contributed by atoms with Crippen LogP contribution in [0.25, 0.3) is 0 Å². The minimum absolute atomic E-state index is 0.0106. The Kier molecular flexibility index (Phi) is 5.94. The van der Waals surface area contributed by atoms with Gasteiger partial charge in [-0.25, -0.2) is 0 Å². The van der Waals surface area contributed by atoms with Crippen molar-refractivity contribution in [1.82, 2.24) is 10.2 Å². The molecule has 1 aromatic carbocycles. The third kappa shape index (κ3) is 4.07. The van der Waals surface area contributed by atoms with Gasteiger partial charge in [0.2, 0.25) is 5.91 Å². The normalized spacial score (nSPS) is 24.9. The van der Waals surface area contributed by atoms with Crippen LogP contribution in [0, 0.1) is 0 Å². The summed E-state index contributed by atoms with van der Waals surface area (Å²) in [4.78, 5) is 28.4. The summed E-state index contributed by atoms with van der Waals surface area (Å²) in [5.41, 5.74) is 1.38. The van der Waals surface area contributed by atoms with Crippen molar-refractivity contribution in [3.05, 3.63) is 23.8 Å². The lowest BCUT2D eigenvalue weighted by Crippen LogP contribution is -2.59. The van der Waals surface area contributed by atoms with Crippen molar-refractivity contribution < 1.29 is 14.3 Å². The molecule has 0 unspecified atom stereocenters. The van der Waals surface area contributed by atoms with Crippen LogP contribution >= 0.6 is 11.8 Å². The van der Waals surface area contributed by atoms with Gasteiger partial charge in [0.25, 0.3) is 5.91 Å². The summed E-state index contributed by atoms with van der Waals surface area (Å²) >= 11 is 1.53. The predicted octanol–water partition coefficient (Wildman–Crippen LogP) is 2.88. The third-order valence-corrected chi connectivity index (χ3v) is 7.39. The fraction of sp³-hybridized carbons (Fsp3) is 0.619. The van der Waals surface area contributed by atoms with Crippen LogP contribution in [0.15, 0.2) is 23.1 Å². The van der Waals surface area contributed by atoms with Crippen LogP contribution in [0.1, 0.15) is 49.4 Å². The Morgan fingerprint density at radius 1 is 1.29 bits per heavy atom. The van der Waals surface area contributed by atoms with Crippen molar-refractivity contribution in [3.63, 3.8) is 0 Å². The number of ether oxygens (including phenoxy) is 1. The van der Waals surface area contributed by atoms with Gasteiger partial charge in [-0.3, -0.25) is 14.5 Å². The number of benzene rings is 1. The Morgan fingerprint density at radius 2 is 2.04 bits per heavy atom. The number of anilines is 1. The first kappa shape index (κ1) is 19.7. The smallest absolute Gasteiger partial charge is 0.251 e. The lowest BCUT2D eigenvalue weighted by atomic mass is 9.79. The number of carbonyl (C=O) groups is 2. The van der Waals surface area contributed by atoms with Gasteiger partial charge in [-0.15, -0.1) is 11.8 Å². The molecule has 2 aliphatic heterocycles. The number of hydrogen-bond donors (Lipinski definition) is 2. The molecule has 0 spiro atoms. The molecule has 0 bridgehead atoms. The van der Waals surface area contributed by atoms with Crippen molar-refractivity contribution in [1.29, 1.82) is 0 Å². The van der Waals surface area contributed by atoms with E-state index in [4.69, 9.17) is 4.74 Å². The van der Waals surface area contributed by atoms with Gasteiger partial charge < -0.3 is 15.4 Å². The summed E-state index contributed by atoms with van der Waals surface area (Å²) < 4.78 is 5.53. The second-order valence-corrected chi connectivity index (χ2v) is 9.41. The van der Waals surface area contributed by atoms with Crippen LogP contribution in [-0.2, 0) is 9.53 Å². The zero-order valence-corrected chi connectivity index (χ0v) is 17.3. The van der Waals surface area contributed by atoms with Gasteiger partial charge in [-0.05, 0) is 38.0 Å². The zero-order valence-electron chi connectivity index (χ0n) is 16.5. The highest BCUT2D eigenvalue weighted by Gasteiger charge is 2.39. The summed E-state index contributed by atoms with van der Waals surface area (Å²) in [5.74, 6) is -0.0811. The first-order valence-electron chi connectivity index (χ1n) is 10.3. The van der Waals surface area contributed by atoms with Crippen LogP contribution in [0.2, 0.25) is 0 Å². The van der Waals surface area contributed by atoms with Crippen molar-refractivity contribution in [2.24, 2.45) is 0 Å². The van der Waals surface area contributed by atoms with Crippen LogP contribution in [0.5, 0.6) is 0 Å². The SMILES string of the molecule is C[C@H]1Sc2ccc(C(=O)NCC3(N4CCOCC4)CCCCC3)cc2NC1=O. The van der Waals surface area contributed by atoms with Gasteiger partial charge in [-0.2, -0.15) is 0 Å². The third-order valence-electron chi connectivity index (χ3n) is 6.22. The zero-order chi connectivity index (χ0) is 19.6. The average molecular weight is 404 g/mol. The van der Waals surface area contributed by atoms with E-state index in [0.29, 0.717) is 12.1 Å². The highest BCUT2D eigenvalue weighted by atomic mass is 32.2. The summed E-state index contributed by atoms with van der Waals surface area (Å²) in [6.07, 6.45) is 5.96. The number of amides is 2. The maximum Gasteiger partial charge on any atom is 0.251 e. The number of morpholine rings is 1. The van der Waals surface area contributed by atoms with Crippen LogP contribution in [0.4, 0.5) is 5.69 Å². The highest BCUT2D eigenvalue weighted by Crippen LogP contribution is 2.36. The summed E-state index contributed by atoms with van der Waals surface area (Å²) in [7, 11) is 0. The average Bonchev–Trinajstić information content (AvgIpc) is 2.74. The minimum Gasteiger partial charge on any atom is -0.379 e. The van der Waals surface area contributed by atoms with E-state index in [2.05, 4.69) is 15.5 Å². The molecule has 28 heavy (non-hydrogen) atoms. The number of thioether (sulfide) groups is 1. The van der Waals surface area contributed by atoms with Gasteiger partial charge in [-0.1, -0.05) is 19.3 Å². The van der Waals surface area contributed by atoms with E-state index in [-0.39, 0.29) is 22.6 Å². The second-order valence-electron chi connectivity index (χ2n) is 8.03. The molecule has 2 amide bonds. The quantitative estimate of drug-likeness (QED) is 0.809. The second kappa shape index (κ2) is 8.43. The summed E-state index contributed by atoms with van der Waals surface area (Å²) in [5, 5.41) is 6.00. The van der Waals surface area contributed by atoms with Gasteiger partial charge in [0.1, 0.15) is 0 Å². The Labute approximate surface area is 170 Å². The van der Waals surface area contributed by atoms with Crippen LogP contribution < -0.4 is 10.6 Å². The van der Waals surface area contributed by atoms with E-state index in [1.54, 1.807) is 6.07 Å². The summed E-state index contributed by atoms with van der Waals surface area (Å²) in [6, 6.07) is 5.58. The van der Waals surface area contributed by atoms with Crippen molar-refractivity contribution in [3.8, 4) is 0 Å². The first-order chi connectivity index (χ1) is 13.6. The van der Waals surface area contributed by atoms with E-state index in [1.807, 2.05) is 19.1 Å². The Hall–Kier alpha value is -1.57. The van der Waals surface area contributed by atoms with Gasteiger partial charge in [0.05, 0.1) is 24.2 Å². The topological polar surface area (TPSA) is 70.7 Å². The molecule has 6 nitrogen and oxygen atoms in total. The van der Waals surface area contributed by atoms with Crippen molar-refractivity contribution in [2.75, 3.05) is 38.2 Å². The molecule has 0 radical (unpaired) electrons. The molecular weight excluding hydrogens is 374 g/mol. The molecule has 2 fully saturated rings. The van der Waals surface area contributed by atoms with E-state index >= 15 is 0 Å². The Bertz CT molecular complexity index is 742. The molecule has 2 N–H and O–H groups in total. The molecule has 1 aromatic rings. The molecule has 4 rings (SSSR count). The molecule has 152 valence electrons. The number of hydrogen-bond acceptors (Lipinski definition) is 5. The number of nitrogens with one attached hydrogen (secondary N) is 2. The van der Waals surface area contributed by atoms with E-state index < -0.39 is 0 Å². The Balaban J connectivity index is 1.45. The highest BCUT2D eigenvalue weighted by molar-refractivity contribution is 8.00. The maximum atomic E-state index is 12.9. The monoisotopic (exact) mass is 403 g/mol. The van der Waals surface area contributed by atoms with E-state index in [9.17, 15) is 9.59 Å². The molecule has 1 aliphatic carbocycles. The molecule has 1 saturated carbocycles. The van der Waals surface area contributed by atoms with E-state index in [1.165, 1.54) is 31.0 Å². The summed E-state index contributed by atoms with van der Waals surface area (Å²) in [6.45, 7) is 5.98. The predicted molar refractivity (Wildman–Crippen MR) is 111 cm³/mol. The van der Waals surface area contributed by atoms with Gasteiger partial charge in [0, 0.05) is 35.6 Å². The van der Waals surface area contributed by atoms with Crippen LogP contribution in [0.3, 0.4) is 0 Å². The fourth-order valence-electron chi connectivity index (χ4n) is 4.55. The largest absolute Gasteiger partial charge is 0.379 e. The molecule has 7 heteroatoms. The lowest BCUT2D eigenvalue weighted by Gasteiger charge is -2.48. The fourth-order valence-corrected chi connectivity index (χ4v) is 5.48. The van der Waals surface area contributed by atoms with Gasteiger partial charge in [0.15, 0.2) is 0 Å². The number of rotatable bonds is 4. The first-order valence-corrected chi connectivity index (χ1v) is 11.2. The minimum atomic E-state index is -0.105. The molecular formula is C21H29N3O3S. The van der Waals surface area contributed by atoms with Crippen molar-refractivity contribution in [2.45, 2.75) is 54.7 Å². The standard InChI is InChI=1S/C21H29N3O3S/c1-15-19(25)23-17-13-16(5-6-18(17)28-15)20(26)22-14-21(7-3-2-4-8-21)24-9-11-27-12-10-24/h5-6,13,15H,2-4,7-12,14H2,1H3,(H,22,26)(H,23,25)/t15-/m1/s1. The van der Waals surface area contributed by atoms with E-state index in [0.717, 1.165) is 49.7 Å². The van der Waals surface area contributed by atoms with Crippen molar-refractivity contribution >= 4 is 29.3 Å². The van der Waals surface area contributed by atoms with Crippen LogP contribution in [-0.4, -0.2) is 60.4 Å². The number of carbonyl (C=O) groups excluding carboxylic acids is 2. The lowest BCUT2D eigenvalue weighted by molar-refractivity contribution is -0.115. The number of nitrogens with zero attached hydrogens (tertiary/aromatic N) is 1. The molecule has 0 aromatic heterocycles. The molecule has 2 heterocycles. The number of fused-ring (bicyclic) bond motifs is 1. The van der Waals surface area contributed by atoms with Gasteiger partial charge >= 0.3 is 0 Å². The molecule has 1 atom stereocenters. The molecule has 3 aliphatic rings.